The molecule has 1 unspecified atom stereocenters. The summed E-state index contributed by atoms with van der Waals surface area (Å²) in [5.41, 5.74) is 0.929. The Kier molecular flexibility index (Phi) is 3.78. The maximum absolute atomic E-state index is 11.3. The van der Waals surface area contributed by atoms with E-state index in [2.05, 4.69) is 9.80 Å². The van der Waals surface area contributed by atoms with Crippen molar-refractivity contribution in [1.82, 2.24) is 4.90 Å². The van der Waals surface area contributed by atoms with Crippen molar-refractivity contribution in [1.29, 1.82) is 0 Å². The molecule has 0 aliphatic carbocycles. The molecular weight excluding hydrogens is 252 g/mol. The molecular formula is C13H17ClN2O2. The number of aromatic carboxylic acids is 1. The first-order valence-electron chi connectivity index (χ1n) is 5.94. The Labute approximate surface area is 112 Å². The normalized spacial score (nSPS) is 19.6. The van der Waals surface area contributed by atoms with Crippen LogP contribution in [0.5, 0.6) is 0 Å². The van der Waals surface area contributed by atoms with E-state index in [-0.39, 0.29) is 5.56 Å². The number of carboxylic acids is 1. The molecule has 98 valence electrons. The van der Waals surface area contributed by atoms with Crippen molar-refractivity contribution >= 4 is 23.3 Å². The maximum atomic E-state index is 11.3. The fraction of sp³-hybridized carbons (Fsp3) is 0.462. The van der Waals surface area contributed by atoms with Crippen molar-refractivity contribution in [3.63, 3.8) is 0 Å². The number of halogens is 1. The maximum Gasteiger partial charge on any atom is 0.339 e. The molecule has 1 aromatic rings. The van der Waals surface area contributed by atoms with Gasteiger partial charge in [0.15, 0.2) is 0 Å². The SMILES string of the molecule is CN(C)C1CCN(c2cccc(Cl)c2C(=O)O)C1. The molecule has 1 heterocycles. The number of likely N-dealkylation sites (N-methyl/N-ethyl adjacent to an activating group) is 1. The second-order valence-electron chi connectivity index (χ2n) is 4.79. The first-order valence-corrected chi connectivity index (χ1v) is 6.31. The first-order chi connectivity index (χ1) is 8.50. The van der Waals surface area contributed by atoms with Crippen molar-refractivity contribution in [2.24, 2.45) is 0 Å². The van der Waals surface area contributed by atoms with Gasteiger partial charge in [-0.05, 0) is 32.6 Å². The summed E-state index contributed by atoms with van der Waals surface area (Å²) in [5.74, 6) is -0.969. The van der Waals surface area contributed by atoms with Crippen LogP contribution in [-0.2, 0) is 0 Å². The van der Waals surface area contributed by atoms with Crippen LogP contribution in [0.15, 0.2) is 18.2 Å². The highest BCUT2D eigenvalue weighted by atomic mass is 35.5. The Morgan fingerprint density at radius 1 is 1.50 bits per heavy atom. The molecule has 1 fully saturated rings. The molecule has 0 saturated carbocycles. The molecule has 1 N–H and O–H groups in total. The molecule has 4 nitrogen and oxygen atoms in total. The standard InChI is InChI=1S/C13H17ClN2O2/c1-15(2)9-6-7-16(8-9)11-5-3-4-10(14)12(11)13(17)18/h3-5,9H,6-8H2,1-2H3,(H,17,18). The van der Waals surface area contributed by atoms with Crippen molar-refractivity contribution in [2.75, 3.05) is 32.1 Å². The van der Waals surface area contributed by atoms with Gasteiger partial charge in [0, 0.05) is 19.1 Å². The lowest BCUT2D eigenvalue weighted by Gasteiger charge is -2.23. The van der Waals surface area contributed by atoms with Crippen molar-refractivity contribution in [2.45, 2.75) is 12.5 Å². The number of hydrogen-bond acceptors (Lipinski definition) is 3. The van der Waals surface area contributed by atoms with Gasteiger partial charge >= 0.3 is 5.97 Å². The van der Waals surface area contributed by atoms with Gasteiger partial charge in [-0.25, -0.2) is 4.79 Å². The Hall–Kier alpha value is -1.26. The average molecular weight is 269 g/mol. The zero-order chi connectivity index (χ0) is 13.3. The van der Waals surface area contributed by atoms with E-state index < -0.39 is 5.97 Å². The lowest BCUT2D eigenvalue weighted by atomic mass is 10.1. The van der Waals surface area contributed by atoms with Gasteiger partial charge in [0.2, 0.25) is 0 Å². The quantitative estimate of drug-likeness (QED) is 0.913. The van der Waals surface area contributed by atoms with E-state index in [1.54, 1.807) is 12.1 Å². The topological polar surface area (TPSA) is 43.8 Å². The van der Waals surface area contributed by atoms with E-state index in [1.807, 2.05) is 20.2 Å². The van der Waals surface area contributed by atoms with Crippen LogP contribution in [0.4, 0.5) is 5.69 Å². The smallest absolute Gasteiger partial charge is 0.339 e. The molecule has 0 spiro atoms. The number of rotatable bonds is 3. The molecule has 1 aliphatic rings. The number of carboxylic acid groups (broad SMARTS) is 1. The molecule has 18 heavy (non-hydrogen) atoms. The molecule has 0 radical (unpaired) electrons. The Morgan fingerprint density at radius 3 is 2.78 bits per heavy atom. The third kappa shape index (κ3) is 2.44. The van der Waals surface area contributed by atoms with Crippen LogP contribution in [0.2, 0.25) is 5.02 Å². The monoisotopic (exact) mass is 268 g/mol. The molecule has 0 bridgehead atoms. The fourth-order valence-electron chi connectivity index (χ4n) is 2.37. The average Bonchev–Trinajstić information content (AvgIpc) is 2.77. The number of hydrogen-bond donors (Lipinski definition) is 1. The second kappa shape index (κ2) is 5.16. The van der Waals surface area contributed by atoms with Gasteiger partial charge in [0.25, 0.3) is 0 Å². The molecule has 2 rings (SSSR count). The van der Waals surface area contributed by atoms with Crippen LogP contribution < -0.4 is 4.90 Å². The van der Waals surface area contributed by atoms with Gasteiger partial charge in [0.05, 0.1) is 10.7 Å². The Bertz CT molecular complexity index is 462. The van der Waals surface area contributed by atoms with E-state index in [1.165, 1.54) is 0 Å². The highest BCUT2D eigenvalue weighted by Gasteiger charge is 2.27. The van der Waals surface area contributed by atoms with E-state index in [0.717, 1.165) is 25.2 Å². The van der Waals surface area contributed by atoms with Gasteiger partial charge in [0.1, 0.15) is 5.56 Å². The van der Waals surface area contributed by atoms with Crippen LogP contribution in [0.25, 0.3) is 0 Å². The summed E-state index contributed by atoms with van der Waals surface area (Å²) in [6.07, 6.45) is 1.04. The minimum Gasteiger partial charge on any atom is -0.478 e. The predicted octanol–water partition coefficient (Wildman–Crippen LogP) is 2.18. The van der Waals surface area contributed by atoms with Crippen LogP contribution >= 0.6 is 11.6 Å². The number of anilines is 1. The lowest BCUT2D eigenvalue weighted by Crippen LogP contribution is -2.32. The summed E-state index contributed by atoms with van der Waals surface area (Å²) in [6, 6.07) is 5.71. The first kappa shape index (κ1) is 13.2. The lowest BCUT2D eigenvalue weighted by molar-refractivity contribution is 0.0698. The predicted molar refractivity (Wildman–Crippen MR) is 72.7 cm³/mol. The highest BCUT2D eigenvalue weighted by Crippen LogP contribution is 2.30. The minimum atomic E-state index is -0.969. The largest absolute Gasteiger partial charge is 0.478 e. The summed E-state index contributed by atoms with van der Waals surface area (Å²) in [7, 11) is 4.09. The minimum absolute atomic E-state index is 0.207. The molecule has 1 aromatic carbocycles. The van der Waals surface area contributed by atoms with Gasteiger partial charge in [-0.2, -0.15) is 0 Å². The fourth-order valence-corrected chi connectivity index (χ4v) is 2.62. The van der Waals surface area contributed by atoms with Gasteiger partial charge in [-0.1, -0.05) is 17.7 Å². The number of nitrogens with zero attached hydrogens (tertiary/aromatic N) is 2. The van der Waals surface area contributed by atoms with Gasteiger partial charge < -0.3 is 14.9 Å². The summed E-state index contributed by atoms with van der Waals surface area (Å²) in [6.45, 7) is 1.71. The molecule has 1 aliphatic heterocycles. The van der Waals surface area contributed by atoms with Gasteiger partial charge in [-0.3, -0.25) is 0 Å². The number of benzene rings is 1. The van der Waals surface area contributed by atoms with Crippen molar-refractivity contribution in [3.05, 3.63) is 28.8 Å². The van der Waals surface area contributed by atoms with Crippen LogP contribution in [-0.4, -0.2) is 49.2 Å². The summed E-state index contributed by atoms with van der Waals surface area (Å²) < 4.78 is 0. The Morgan fingerprint density at radius 2 is 2.22 bits per heavy atom. The van der Waals surface area contributed by atoms with E-state index in [4.69, 9.17) is 11.6 Å². The zero-order valence-corrected chi connectivity index (χ0v) is 11.3. The van der Waals surface area contributed by atoms with Crippen LogP contribution in [0.1, 0.15) is 16.8 Å². The van der Waals surface area contributed by atoms with Crippen molar-refractivity contribution < 1.29 is 9.90 Å². The van der Waals surface area contributed by atoms with E-state index in [9.17, 15) is 9.90 Å². The number of carbonyl (C=O) groups is 1. The van der Waals surface area contributed by atoms with Crippen LogP contribution in [0.3, 0.4) is 0 Å². The molecule has 1 atom stereocenters. The summed E-state index contributed by atoms with van der Waals surface area (Å²) in [5, 5.41) is 9.56. The molecule has 1 saturated heterocycles. The van der Waals surface area contributed by atoms with E-state index in [0.29, 0.717) is 11.1 Å². The molecule has 5 heteroatoms. The molecule has 0 amide bonds. The second-order valence-corrected chi connectivity index (χ2v) is 5.20. The zero-order valence-electron chi connectivity index (χ0n) is 10.6. The van der Waals surface area contributed by atoms with Crippen LogP contribution in [0, 0.1) is 0 Å². The third-order valence-electron chi connectivity index (χ3n) is 3.44. The summed E-state index contributed by atoms with van der Waals surface area (Å²) >= 11 is 5.98. The highest BCUT2D eigenvalue weighted by molar-refractivity contribution is 6.34. The third-order valence-corrected chi connectivity index (χ3v) is 3.75. The van der Waals surface area contributed by atoms with Gasteiger partial charge in [-0.15, -0.1) is 0 Å². The van der Waals surface area contributed by atoms with Crippen molar-refractivity contribution in [3.8, 4) is 0 Å². The molecule has 0 aromatic heterocycles. The Balaban J connectivity index is 2.30. The summed E-state index contributed by atoms with van der Waals surface area (Å²) in [4.78, 5) is 15.6. The van der Waals surface area contributed by atoms with E-state index >= 15 is 0 Å².